The number of carbonyl (C=O) groups is 4. The maximum atomic E-state index is 11.8. The zero-order valence-corrected chi connectivity index (χ0v) is 12.2. The second-order valence-electron chi connectivity index (χ2n) is 7.05. The fraction of sp³-hybridized carbons (Fsp3) is 0.750. The van der Waals surface area contributed by atoms with Gasteiger partial charge in [0.25, 0.3) is 0 Å². The van der Waals surface area contributed by atoms with Gasteiger partial charge < -0.3 is 9.47 Å². The lowest BCUT2D eigenvalue weighted by molar-refractivity contribution is -0.155. The fourth-order valence-electron chi connectivity index (χ4n) is 4.85. The SMILES string of the molecule is O=C1OC(=O)[C@H]2C[C@H]([C@@H]3CC[C@H]4C(=O)OC(=O)[C@@H]4C3)CC[C@H]12. The molecule has 2 saturated heterocycles. The molecule has 0 amide bonds. The number of hydrogen-bond donors (Lipinski definition) is 0. The Kier molecular flexibility index (Phi) is 3.09. The number of fused-ring (bicyclic) bond motifs is 2. The smallest absolute Gasteiger partial charge is 0.317 e. The predicted octanol–water partition coefficient (Wildman–Crippen LogP) is 1.22. The molecule has 6 atom stereocenters. The maximum Gasteiger partial charge on any atom is 0.317 e. The van der Waals surface area contributed by atoms with E-state index in [9.17, 15) is 19.2 Å². The van der Waals surface area contributed by atoms with Crippen molar-refractivity contribution in [3.8, 4) is 0 Å². The third-order valence-corrected chi connectivity index (χ3v) is 6.06. The second kappa shape index (κ2) is 4.89. The molecule has 2 aliphatic carbocycles. The summed E-state index contributed by atoms with van der Waals surface area (Å²) in [4.78, 5) is 46.7. The number of carbonyl (C=O) groups excluding carboxylic acids is 4. The summed E-state index contributed by atoms with van der Waals surface area (Å²) in [6, 6.07) is 0. The molecule has 0 radical (unpaired) electrons. The van der Waals surface area contributed by atoms with Crippen LogP contribution in [0.15, 0.2) is 0 Å². The lowest BCUT2D eigenvalue weighted by Gasteiger charge is -2.37. The standard InChI is InChI=1S/C16H18O6/c17-13-9-3-1-7(5-11(9)15(19)21-13)8-2-4-10-12(6-8)16(20)22-14(10)18/h7-12H,1-6H2/t7-,8-,9-,10+,11-,12+/m1/s1. The molecule has 4 fully saturated rings. The van der Waals surface area contributed by atoms with Gasteiger partial charge in [0.05, 0.1) is 23.7 Å². The summed E-state index contributed by atoms with van der Waals surface area (Å²) >= 11 is 0. The molecule has 118 valence electrons. The molecule has 0 bridgehead atoms. The van der Waals surface area contributed by atoms with Crippen molar-refractivity contribution >= 4 is 23.9 Å². The number of ether oxygens (including phenoxy) is 2. The summed E-state index contributed by atoms with van der Waals surface area (Å²) in [5, 5.41) is 0. The van der Waals surface area contributed by atoms with Gasteiger partial charge in [-0.1, -0.05) is 0 Å². The van der Waals surface area contributed by atoms with Gasteiger partial charge in [-0.15, -0.1) is 0 Å². The first kappa shape index (κ1) is 13.9. The normalized spacial score (nSPS) is 44.4. The van der Waals surface area contributed by atoms with Crippen LogP contribution in [0, 0.1) is 35.5 Å². The van der Waals surface area contributed by atoms with Crippen LogP contribution in [0.3, 0.4) is 0 Å². The van der Waals surface area contributed by atoms with Crippen molar-refractivity contribution in [2.45, 2.75) is 38.5 Å². The number of hydrogen-bond acceptors (Lipinski definition) is 6. The molecular formula is C16H18O6. The number of esters is 4. The molecule has 2 heterocycles. The summed E-state index contributed by atoms with van der Waals surface area (Å²) in [5.41, 5.74) is 0. The average molecular weight is 306 g/mol. The van der Waals surface area contributed by atoms with E-state index in [4.69, 9.17) is 9.47 Å². The van der Waals surface area contributed by atoms with Crippen LogP contribution in [0.5, 0.6) is 0 Å². The van der Waals surface area contributed by atoms with Gasteiger partial charge in [-0.25, -0.2) is 0 Å². The molecule has 6 heteroatoms. The Balaban J connectivity index is 1.45. The van der Waals surface area contributed by atoms with E-state index in [0.29, 0.717) is 37.5 Å². The highest BCUT2D eigenvalue weighted by Gasteiger charge is 2.52. The van der Waals surface area contributed by atoms with Gasteiger partial charge in [-0.05, 0) is 50.4 Å². The molecule has 0 spiro atoms. The second-order valence-corrected chi connectivity index (χ2v) is 7.05. The largest absolute Gasteiger partial charge is 0.393 e. The maximum absolute atomic E-state index is 11.8. The lowest BCUT2D eigenvalue weighted by Crippen LogP contribution is -2.35. The third kappa shape index (κ3) is 2.00. The topological polar surface area (TPSA) is 86.7 Å². The van der Waals surface area contributed by atoms with Crippen molar-refractivity contribution in [2.75, 3.05) is 0 Å². The Labute approximate surface area is 127 Å². The minimum absolute atomic E-state index is 0.266. The minimum Gasteiger partial charge on any atom is -0.393 e. The highest BCUT2D eigenvalue weighted by Crippen LogP contribution is 2.48. The van der Waals surface area contributed by atoms with Crippen LogP contribution >= 0.6 is 0 Å². The van der Waals surface area contributed by atoms with Gasteiger partial charge in [0.1, 0.15) is 0 Å². The molecule has 2 saturated carbocycles. The van der Waals surface area contributed by atoms with E-state index in [1.165, 1.54) is 0 Å². The van der Waals surface area contributed by atoms with E-state index in [1.54, 1.807) is 0 Å². The van der Waals surface area contributed by atoms with Crippen molar-refractivity contribution < 1.29 is 28.7 Å². The van der Waals surface area contributed by atoms with Crippen LogP contribution in [0.4, 0.5) is 0 Å². The van der Waals surface area contributed by atoms with Gasteiger partial charge >= 0.3 is 23.9 Å². The van der Waals surface area contributed by atoms with E-state index in [1.807, 2.05) is 0 Å². The summed E-state index contributed by atoms with van der Waals surface area (Å²) in [6.45, 7) is 0. The summed E-state index contributed by atoms with van der Waals surface area (Å²) < 4.78 is 9.50. The summed E-state index contributed by atoms with van der Waals surface area (Å²) in [7, 11) is 0. The molecule has 2 aliphatic heterocycles. The van der Waals surface area contributed by atoms with Gasteiger partial charge in [0, 0.05) is 0 Å². The minimum atomic E-state index is -0.385. The van der Waals surface area contributed by atoms with Crippen LogP contribution in [0.2, 0.25) is 0 Å². The molecule has 0 aromatic carbocycles. The van der Waals surface area contributed by atoms with E-state index in [0.717, 1.165) is 12.8 Å². The van der Waals surface area contributed by atoms with Crippen LogP contribution in [-0.2, 0) is 28.7 Å². The summed E-state index contributed by atoms with van der Waals surface area (Å²) in [6.07, 6.45) is 4.48. The van der Waals surface area contributed by atoms with E-state index >= 15 is 0 Å². The Morgan fingerprint density at radius 1 is 0.545 bits per heavy atom. The van der Waals surface area contributed by atoms with E-state index in [2.05, 4.69) is 0 Å². The quantitative estimate of drug-likeness (QED) is 0.535. The fourth-order valence-corrected chi connectivity index (χ4v) is 4.85. The Bertz CT molecular complexity index is 517. The highest BCUT2D eigenvalue weighted by atomic mass is 16.6. The number of rotatable bonds is 1. The van der Waals surface area contributed by atoms with Crippen LogP contribution in [0.25, 0.3) is 0 Å². The molecule has 0 aromatic heterocycles. The van der Waals surface area contributed by atoms with Crippen molar-refractivity contribution in [3.05, 3.63) is 0 Å². The first-order valence-electron chi connectivity index (χ1n) is 8.05. The molecule has 4 aliphatic rings. The molecule has 4 rings (SSSR count). The van der Waals surface area contributed by atoms with Gasteiger partial charge in [-0.2, -0.15) is 0 Å². The molecule has 0 aromatic rings. The molecule has 6 nitrogen and oxygen atoms in total. The Hall–Kier alpha value is -1.72. The van der Waals surface area contributed by atoms with E-state index in [-0.39, 0.29) is 47.5 Å². The van der Waals surface area contributed by atoms with Crippen LogP contribution in [-0.4, -0.2) is 23.9 Å². The zero-order chi connectivity index (χ0) is 15.4. The van der Waals surface area contributed by atoms with Crippen molar-refractivity contribution in [1.82, 2.24) is 0 Å². The average Bonchev–Trinajstić information content (AvgIpc) is 2.96. The van der Waals surface area contributed by atoms with Crippen LogP contribution in [0.1, 0.15) is 38.5 Å². The molecular weight excluding hydrogens is 288 g/mol. The number of cyclic esters (lactones) is 4. The molecule has 0 unspecified atom stereocenters. The first-order valence-corrected chi connectivity index (χ1v) is 8.05. The summed E-state index contributed by atoms with van der Waals surface area (Å²) in [5.74, 6) is -2.01. The monoisotopic (exact) mass is 306 g/mol. The van der Waals surface area contributed by atoms with Crippen molar-refractivity contribution in [2.24, 2.45) is 35.5 Å². The molecule has 0 N–H and O–H groups in total. The van der Waals surface area contributed by atoms with Crippen LogP contribution < -0.4 is 0 Å². The Morgan fingerprint density at radius 3 is 1.32 bits per heavy atom. The zero-order valence-electron chi connectivity index (χ0n) is 12.2. The Morgan fingerprint density at radius 2 is 0.909 bits per heavy atom. The highest BCUT2D eigenvalue weighted by molar-refractivity contribution is 5.97. The third-order valence-electron chi connectivity index (χ3n) is 6.06. The van der Waals surface area contributed by atoms with Gasteiger partial charge in [0.2, 0.25) is 0 Å². The van der Waals surface area contributed by atoms with Gasteiger partial charge in [-0.3, -0.25) is 19.2 Å². The van der Waals surface area contributed by atoms with Crippen molar-refractivity contribution in [1.29, 1.82) is 0 Å². The first-order chi connectivity index (χ1) is 10.5. The predicted molar refractivity (Wildman–Crippen MR) is 70.8 cm³/mol. The lowest BCUT2D eigenvalue weighted by atomic mass is 9.64. The molecule has 22 heavy (non-hydrogen) atoms. The van der Waals surface area contributed by atoms with Gasteiger partial charge in [0.15, 0.2) is 0 Å². The van der Waals surface area contributed by atoms with Crippen molar-refractivity contribution in [3.63, 3.8) is 0 Å². The van der Waals surface area contributed by atoms with E-state index < -0.39 is 0 Å².